The Hall–Kier alpha value is -2.75. The summed E-state index contributed by atoms with van der Waals surface area (Å²) >= 11 is 0. The number of furan rings is 1. The van der Waals surface area contributed by atoms with Gasteiger partial charge in [0.05, 0.1) is 10.9 Å². The summed E-state index contributed by atoms with van der Waals surface area (Å²) in [5, 5.41) is 1.85. The predicted molar refractivity (Wildman–Crippen MR) is 97.0 cm³/mol. The van der Waals surface area contributed by atoms with Crippen molar-refractivity contribution in [1.29, 1.82) is 0 Å². The lowest BCUT2D eigenvalue weighted by molar-refractivity contribution is -0.660. The molecular weight excluding hydrogens is 315 g/mol. The monoisotopic (exact) mass is 335 g/mol. The molecule has 0 aliphatic heterocycles. The van der Waals surface area contributed by atoms with Crippen LogP contribution in [-0.4, -0.2) is 4.98 Å². The van der Waals surface area contributed by atoms with Crippen molar-refractivity contribution in [2.45, 2.75) is 27.7 Å². The van der Waals surface area contributed by atoms with Crippen molar-refractivity contribution in [3.8, 4) is 11.3 Å². The van der Waals surface area contributed by atoms with Gasteiger partial charge in [0.15, 0.2) is 11.8 Å². The highest BCUT2D eigenvalue weighted by molar-refractivity contribution is 6.10. The first-order chi connectivity index (χ1) is 11.9. The zero-order chi connectivity index (χ0) is 17.9. The Morgan fingerprint density at radius 1 is 0.960 bits per heavy atom. The minimum absolute atomic E-state index is 0.353. The molecule has 3 nitrogen and oxygen atoms in total. The van der Waals surface area contributed by atoms with E-state index in [9.17, 15) is 4.39 Å². The number of aromatic nitrogens is 2. The number of aryl methyl sites for hydroxylation is 5. The van der Waals surface area contributed by atoms with E-state index in [0.29, 0.717) is 5.71 Å². The van der Waals surface area contributed by atoms with Gasteiger partial charge in [-0.05, 0) is 50.5 Å². The third-order valence-electron chi connectivity index (χ3n) is 4.98. The highest BCUT2D eigenvalue weighted by atomic mass is 19.1. The number of rotatable bonds is 1. The fourth-order valence-corrected chi connectivity index (χ4v) is 3.54. The summed E-state index contributed by atoms with van der Waals surface area (Å²) in [5.74, 6) is -0.515. The van der Waals surface area contributed by atoms with Gasteiger partial charge in [-0.3, -0.25) is 0 Å². The van der Waals surface area contributed by atoms with Crippen molar-refractivity contribution in [3.63, 3.8) is 0 Å². The molecule has 126 valence electrons. The van der Waals surface area contributed by atoms with E-state index in [0.717, 1.165) is 38.7 Å². The van der Waals surface area contributed by atoms with E-state index in [1.807, 2.05) is 20.0 Å². The van der Waals surface area contributed by atoms with Crippen LogP contribution in [0.5, 0.6) is 0 Å². The molecule has 3 aromatic heterocycles. The molecule has 25 heavy (non-hydrogen) atoms. The van der Waals surface area contributed by atoms with Crippen LogP contribution in [0.15, 0.2) is 34.9 Å². The standard InChI is InChI=1S/C21H20FN2O/c1-11-6-7-15-18-13(3)9-17(22)23-21(18)25-20(15)19(11)16-8-12(2)14(4)10-24(16)5/h6-10H,1-5H3/q+1. The van der Waals surface area contributed by atoms with Gasteiger partial charge in [-0.1, -0.05) is 12.1 Å². The van der Waals surface area contributed by atoms with Crippen LogP contribution >= 0.6 is 0 Å². The molecule has 0 unspecified atom stereocenters. The van der Waals surface area contributed by atoms with Crippen LogP contribution in [-0.2, 0) is 7.05 Å². The van der Waals surface area contributed by atoms with Crippen molar-refractivity contribution in [1.82, 2.24) is 4.98 Å². The molecule has 0 amide bonds. The number of pyridine rings is 2. The van der Waals surface area contributed by atoms with Gasteiger partial charge in [0.25, 0.3) is 0 Å². The second-order valence-electron chi connectivity index (χ2n) is 6.81. The third kappa shape index (κ3) is 2.32. The van der Waals surface area contributed by atoms with Gasteiger partial charge in [0, 0.05) is 17.0 Å². The highest BCUT2D eigenvalue weighted by Gasteiger charge is 2.22. The molecule has 0 aliphatic rings. The maximum Gasteiger partial charge on any atom is 0.230 e. The largest absolute Gasteiger partial charge is 0.437 e. The Kier molecular flexibility index (Phi) is 3.39. The molecule has 0 atom stereocenters. The molecule has 4 rings (SSSR count). The highest BCUT2D eigenvalue weighted by Crippen LogP contribution is 2.37. The van der Waals surface area contributed by atoms with Crippen LogP contribution in [0, 0.1) is 33.6 Å². The molecule has 4 heteroatoms. The molecule has 0 radical (unpaired) electrons. The Morgan fingerprint density at radius 3 is 2.48 bits per heavy atom. The number of fused-ring (bicyclic) bond motifs is 3. The minimum Gasteiger partial charge on any atom is -0.437 e. The summed E-state index contributed by atoms with van der Waals surface area (Å²) in [6.07, 6.45) is 2.12. The van der Waals surface area contributed by atoms with Gasteiger partial charge in [-0.15, -0.1) is 0 Å². The Labute approximate surface area is 145 Å². The second kappa shape index (κ2) is 5.38. The van der Waals surface area contributed by atoms with Gasteiger partial charge in [0.1, 0.15) is 7.05 Å². The molecule has 0 fully saturated rings. The third-order valence-corrected chi connectivity index (χ3v) is 4.98. The molecule has 0 aliphatic carbocycles. The lowest BCUT2D eigenvalue weighted by Crippen LogP contribution is -2.31. The lowest BCUT2D eigenvalue weighted by atomic mass is 9.98. The zero-order valence-corrected chi connectivity index (χ0v) is 15.1. The number of hydrogen-bond acceptors (Lipinski definition) is 2. The Morgan fingerprint density at radius 2 is 1.72 bits per heavy atom. The SMILES string of the molecule is Cc1cc(-c2c(C)ccc3c2oc2nc(F)cc(C)c23)[n+](C)cc1C. The Balaban J connectivity index is 2.16. The van der Waals surface area contributed by atoms with Crippen LogP contribution in [0.2, 0.25) is 0 Å². The van der Waals surface area contributed by atoms with E-state index in [4.69, 9.17) is 4.42 Å². The summed E-state index contributed by atoms with van der Waals surface area (Å²) in [5.41, 5.74) is 7.62. The predicted octanol–water partition coefficient (Wildman–Crippen LogP) is 4.85. The maximum absolute atomic E-state index is 13.7. The zero-order valence-electron chi connectivity index (χ0n) is 15.1. The van der Waals surface area contributed by atoms with Crippen molar-refractivity contribution in [3.05, 3.63) is 58.7 Å². The molecule has 4 aromatic rings. The molecule has 1 aromatic carbocycles. The van der Waals surface area contributed by atoms with Crippen LogP contribution in [0.25, 0.3) is 33.3 Å². The van der Waals surface area contributed by atoms with Crippen LogP contribution in [0.3, 0.4) is 0 Å². The number of hydrogen-bond donors (Lipinski definition) is 0. The maximum atomic E-state index is 13.7. The average Bonchev–Trinajstić information content (AvgIpc) is 2.89. The van der Waals surface area contributed by atoms with E-state index in [-0.39, 0.29) is 0 Å². The van der Waals surface area contributed by atoms with Gasteiger partial charge in [-0.2, -0.15) is 9.37 Å². The van der Waals surface area contributed by atoms with Crippen LogP contribution < -0.4 is 4.57 Å². The first-order valence-corrected chi connectivity index (χ1v) is 8.33. The van der Waals surface area contributed by atoms with Gasteiger partial charge in [0.2, 0.25) is 17.4 Å². The minimum atomic E-state index is -0.515. The second-order valence-corrected chi connectivity index (χ2v) is 6.81. The first-order valence-electron chi connectivity index (χ1n) is 8.33. The van der Waals surface area contributed by atoms with E-state index < -0.39 is 5.95 Å². The van der Waals surface area contributed by atoms with Crippen molar-refractivity contribution in [2.24, 2.45) is 7.05 Å². The van der Waals surface area contributed by atoms with E-state index >= 15 is 0 Å². The van der Waals surface area contributed by atoms with Crippen molar-refractivity contribution >= 4 is 22.1 Å². The smallest absolute Gasteiger partial charge is 0.230 e. The van der Waals surface area contributed by atoms with Crippen LogP contribution in [0.4, 0.5) is 4.39 Å². The van der Waals surface area contributed by atoms with Crippen molar-refractivity contribution < 1.29 is 13.4 Å². The average molecular weight is 335 g/mol. The van der Waals surface area contributed by atoms with E-state index in [1.165, 1.54) is 17.2 Å². The first kappa shape index (κ1) is 15.8. The van der Waals surface area contributed by atoms with E-state index in [1.54, 1.807) is 0 Å². The lowest BCUT2D eigenvalue weighted by Gasteiger charge is -2.07. The number of nitrogens with zero attached hydrogens (tertiary/aromatic N) is 2. The molecule has 0 saturated carbocycles. The van der Waals surface area contributed by atoms with E-state index in [2.05, 4.69) is 48.7 Å². The topological polar surface area (TPSA) is 29.9 Å². The normalized spacial score (nSPS) is 11.6. The number of halogens is 1. The summed E-state index contributed by atoms with van der Waals surface area (Å²) in [7, 11) is 2.03. The molecule has 3 heterocycles. The molecule has 0 bridgehead atoms. The summed E-state index contributed by atoms with van der Waals surface area (Å²) in [4.78, 5) is 3.95. The summed E-state index contributed by atoms with van der Waals surface area (Å²) in [6, 6.07) is 7.75. The fraction of sp³-hybridized carbons (Fsp3) is 0.238. The fourth-order valence-electron chi connectivity index (χ4n) is 3.54. The molecule has 0 N–H and O–H groups in total. The Bertz CT molecular complexity index is 1160. The van der Waals surface area contributed by atoms with Gasteiger partial charge >= 0.3 is 0 Å². The summed E-state index contributed by atoms with van der Waals surface area (Å²) in [6.45, 7) is 8.16. The van der Waals surface area contributed by atoms with Gasteiger partial charge in [-0.25, -0.2) is 4.57 Å². The molecule has 0 saturated heterocycles. The molecule has 0 spiro atoms. The number of benzene rings is 1. The molecular formula is C21H20FN2O+. The summed E-state index contributed by atoms with van der Waals surface area (Å²) < 4.78 is 21.9. The van der Waals surface area contributed by atoms with Gasteiger partial charge < -0.3 is 4.42 Å². The quantitative estimate of drug-likeness (QED) is 0.368. The van der Waals surface area contributed by atoms with Crippen LogP contribution in [0.1, 0.15) is 22.3 Å². The van der Waals surface area contributed by atoms with Crippen molar-refractivity contribution in [2.75, 3.05) is 0 Å².